The fraction of sp³-hybridized carbons (Fsp3) is 0.125. The first kappa shape index (κ1) is 21.2. The minimum atomic E-state index is -0.774. The average Bonchev–Trinajstić information content (AvgIpc) is 3.25. The summed E-state index contributed by atoms with van der Waals surface area (Å²) in [5.74, 6) is -2.59. The number of rotatable bonds is 7. The van der Waals surface area contributed by atoms with Crippen LogP contribution in [0.3, 0.4) is 0 Å². The van der Waals surface area contributed by atoms with Crippen molar-refractivity contribution in [1.29, 1.82) is 0 Å². The Kier molecular flexibility index (Phi) is 6.21. The molecule has 1 amide bonds. The number of nitrogens with zero attached hydrogens (tertiary/aromatic N) is 1. The van der Waals surface area contributed by atoms with Crippen LogP contribution in [0, 0.1) is 11.6 Å². The topological polar surface area (TPSA) is 81.4 Å². The van der Waals surface area contributed by atoms with E-state index >= 15 is 0 Å². The van der Waals surface area contributed by atoms with E-state index in [1.54, 1.807) is 6.07 Å². The number of ether oxygens (including phenoxy) is 1. The summed E-state index contributed by atoms with van der Waals surface area (Å²) in [5.41, 5.74) is 0.302. The molecule has 6 nitrogen and oxygen atoms in total. The Morgan fingerprint density at radius 1 is 0.969 bits per heavy atom. The molecular weight excluding hydrogens is 418 g/mol. The van der Waals surface area contributed by atoms with Crippen molar-refractivity contribution in [3.63, 3.8) is 0 Å². The number of hydrogen-bond acceptors (Lipinski definition) is 5. The van der Waals surface area contributed by atoms with Gasteiger partial charge in [-0.15, -0.1) is 0 Å². The van der Waals surface area contributed by atoms with Crippen molar-refractivity contribution in [2.24, 2.45) is 0 Å². The van der Waals surface area contributed by atoms with Crippen molar-refractivity contribution >= 4 is 28.3 Å². The van der Waals surface area contributed by atoms with Gasteiger partial charge in [-0.1, -0.05) is 42.5 Å². The SMILES string of the molecule is O=C(COC(=O)CCc1ncc(-c2c(F)cccc2F)o1)Nc1cccc2ccccc12. The lowest BCUT2D eigenvalue weighted by Crippen LogP contribution is -2.21. The van der Waals surface area contributed by atoms with Crippen LogP contribution in [0.1, 0.15) is 12.3 Å². The van der Waals surface area contributed by atoms with Gasteiger partial charge in [-0.3, -0.25) is 9.59 Å². The van der Waals surface area contributed by atoms with E-state index in [0.717, 1.165) is 22.9 Å². The molecule has 1 heterocycles. The highest BCUT2D eigenvalue weighted by molar-refractivity contribution is 6.02. The third-order valence-electron chi connectivity index (χ3n) is 4.73. The Labute approximate surface area is 181 Å². The number of amides is 1. The highest BCUT2D eigenvalue weighted by atomic mass is 19.1. The highest BCUT2D eigenvalue weighted by Crippen LogP contribution is 2.27. The predicted molar refractivity (Wildman–Crippen MR) is 114 cm³/mol. The van der Waals surface area contributed by atoms with Crippen LogP contribution >= 0.6 is 0 Å². The van der Waals surface area contributed by atoms with Crippen molar-refractivity contribution in [2.75, 3.05) is 11.9 Å². The second kappa shape index (κ2) is 9.38. The summed E-state index contributed by atoms with van der Waals surface area (Å²) < 4.78 is 38.0. The lowest BCUT2D eigenvalue weighted by Gasteiger charge is -2.09. The van der Waals surface area contributed by atoms with E-state index in [-0.39, 0.29) is 30.1 Å². The molecule has 0 aliphatic carbocycles. The fourth-order valence-electron chi connectivity index (χ4n) is 3.22. The molecule has 162 valence electrons. The van der Waals surface area contributed by atoms with Crippen LogP contribution < -0.4 is 5.32 Å². The molecule has 0 bridgehead atoms. The molecule has 0 saturated carbocycles. The molecule has 4 aromatic rings. The van der Waals surface area contributed by atoms with Crippen LogP contribution in [0.4, 0.5) is 14.5 Å². The number of carbonyl (C=O) groups excluding carboxylic acids is 2. The van der Waals surface area contributed by atoms with E-state index in [9.17, 15) is 18.4 Å². The predicted octanol–water partition coefficient (Wildman–Crippen LogP) is 4.89. The minimum Gasteiger partial charge on any atom is -0.456 e. The number of fused-ring (bicyclic) bond motifs is 1. The molecule has 0 atom stereocenters. The number of nitrogens with one attached hydrogen (secondary N) is 1. The van der Waals surface area contributed by atoms with E-state index in [1.807, 2.05) is 36.4 Å². The molecule has 32 heavy (non-hydrogen) atoms. The van der Waals surface area contributed by atoms with E-state index in [0.29, 0.717) is 5.69 Å². The van der Waals surface area contributed by atoms with E-state index in [4.69, 9.17) is 9.15 Å². The van der Waals surface area contributed by atoms with Gasteiger partial charge in [0.25, 0.3) is 5.91 Å². The molecule has 0 unspecified atom stereocenters. The number of benzene rings is 3. The Hall–Kier alpha value is -4.07. The number of anilines is 1. The number of hydrogen-bond donors (Lipinski definition) is 1. The number of halogens is 2. The summed E-state index contributed by atoms with van der Waals surface area (Å²) in [7, 11) is 0. The molecular formula is C24H18F2N2O4. The summed E-state index contributed by atoms with van der Waals surface area (Å²) in [5, 5.41) is 4.58. The average molecular weight is 436 g/mol. The minimum absolute atomic E-state index is 0.0554. The fourth-order valence-corrected chi connectivity index (χ4v) is 3.22. The highest BCUT2D eigenvalue weighted by Gasteiger charge is 2.17. The summed E-state index contributed by atoms with van der Waals surface area (Å²) in [6, 6.07) is 16.6. The largest absolute Gasteiger partial charge is 0.456 e. The molecule has 0 radical (unpaired) electrons. The Balaban J connectivity index is 1.28. The van der Waals surface area contributed by atoms with Gasteiger partial charge in [0.2, 0.25) is 0 Å². The van der Waals surface area contributed by atoms with Crippen molar-refractivity contribution in [1.82, 2.24) is 4.98 Å². The van der Waals surface area contributed by atoms with Gasteiger partial charge in [0.1, 0.15) is 11.6 Å². The third kappa shape index (κ3) is 4.80. The number of carbonyl (C=O) groups is 2. The van der Waals surface area contributed by atoms with Gasteiger partial charge in [0.15, 0.2) is 18.3 Å². The zero-order chi connectivity index (χ0) is 22.5. The monoisotopic (exact) mass is 436 g/mol. The number of aryl methyl sites for hydroxylation is 1. The first-order valence-corrected chi connectivity index (χ1v) is 9.83. The molecule has 0 aliphatic heterocycles. The lowest BCUT2D eigenvalue weighted by atomic mass is 10.1. The summed E-state index contributed by atoms with van der Waals surface area (Å²) >= 11 is 0. The van der Waals surface area contributed by atoms with Crippen LogP contribution in [0.15, 0.2) is 71.3 Å². The van der Waals surface area contributed by atoms with Crippen LogP contribution in [-0.4, -0.2) is 23.5 Å². The molecule has 1 N–H and O–H groups in total. The Bertz CT molecular complexity index is 1260. The number of aromatic nitrogens is 1. The van der Waals surface area contributed by atoms with E-state index in [2.05, 4.69) is 10.3 Å². The van der Waals surface area contributed by atoms with Crippen LogP contribution in [0.5, 0.6) is 0 Å². The molecule has 0 fully saturated rings. The smallest absolute Gasteiger partial charge is 0.306 e. The molecule has 1 aromatic heterocycles. The van der Waals surface area contributed by atoms with Crippen molar-refractivity contribution in [3.8, 4) is 11.3 Å². The van der Waals surface area contributed by atoms with Gasteiger partial charge in [-0.05, 0) is 23.6 Å². The maximum absolute atomic E-state index is 13.8. The second-order valence-electron chi connectivity index (χ2n) is 6.95. The first-order valence-electron chi connectivity index (χ1n) is 9.83. The summed E-state index contributed by atoms with van der Waals surface area (Å²) in [6.07, 6.45) is 1.14. The maximum atomic E-state index is 13.8. The Morgan fingerprint density at radius 3 is 2.50 bits per heavy atom. The lowest BCUT2D eigenvalue weighted by molar-refractivity contribution is -0.147. The molecule has 0 aliphatic rings. The zero-order valence-corrected chi connectivity index (χ0v) is 16.8. The van der Waals surface area contributed by atoms with Gasteiger partial charge in [-0.25, -0.2) is 13.8 Å². The van der Waals surface area contributed by atoms with Gasteiger partial charge < -0.3 is 14.5 Å². The van der Waals surface area contributed by atoms with Crippen LogP contribution in [0.2, 0.25) is 0 Å². The normalized spacial score (nSPS) is 10.8. The number of esters is 1. The van der Waals surface area contributed by atoms with Gasteiger partial charge >= 0.3 is 5.97 Å². The van der Waals surface area contributed by atoms with Gasteiger partial charge in [0.05, 0.1) is 18.2 Å². The van der Waals surface area contributed by atoms with Crippen LogP contribution in [0.25, 0.3) is 22.1 Å². The first-order chi connectivity index (χ1) is 15.5. The Morgan fingerprint density at radius 2 is 1.69 bits per heavy atom. The van der Waals surface area contributed by atoms with Gasteiger partial charge in [0, 0.05) is 17.5 Å². The van der Waals surface area contributed by atoms with Gasteiger partial charge in [-0.2, -0.15) is 0 Å². The maximum Gasteiger partial charge on any atom is 0.306 e. The van der Waals surface area contributed by atoms with Crippen molar-refractivity contribution in [3.05, 3.63) is 84.4 Å². The molecule has 0 spiro atoms. The third-order valence-corrected chi connectivity index (χ3v) is 4.73. The molecule has 4 rings (SSSR count). The zero-order valence-electron chi connectivity index (χ0n) is 16.8. The number of oxazole rings is 1. The molecule has 0 saturated heterocycles. The second-order valence-corrected chi connectivity index (χ2v) is 6.95. The standard InChI is InChI=1S/C24H18F2N2O4/c25-17-8-4-9-18(26)24(17)20-13-27-22(32-20)11-12-23(30)31-14-21(29)28-19-10-3-6-15-5-1-2-7-16(15)19/h1-10,13H,11-12,14H2,(H,28,29). The molecule has 8 heteroatoms. The van der Waals surface area contributed by atoms with Crippen LogP contribution in [-0.2, 0) is 20.7 Å². The van der Waals surface area contributed by atoms with Crippen molar-refractivity contribution in [2.45, 2.75) is 12.8 Å². The summed E-state index contributed by atoms with van der Waals surface area (Å²) in [6.45, 7) is -0.445. The summed E-state index contributed by atoms with van der Waals surface area (Å²) in [4.78, 5) is 28.1. The van der Waals surface area contributed by atoms with E-state index in [1.165, 1.54) is 12.3 Å². The van der Waals surface area contributed by atoms with E-state index < -0.39 is 30.1 Å². The quantitative estimate of drug-likeness (QED) is 0.417. The molecule has 3 aromatic carbocycles. The van der Waals surface area contributed by atoms with Crippen molar-refractivity contribution < 1.29 is 27.5 Å².